The number of hydrogen-bond acceptors (Lipinski definition) is 7. The third-order valence-electron chi connectivity index (χ3n) is 5.57. The fraction of sp³-hybridized carbons (Fsp3) is 0.348. The number of ether oxygens (including phenoxy) is 1. The first-order valence-corrected chi connectivity index (χ1v) is 12.2. The van der Waals surface area contributed by atoms with E-state index in [1.165, 1.54) is 4.90 Å². The van der Waals surface area contributed by atoms with Gasteiger partial charge in [0.05, 0.1) is 22.6 Å². The van der Waals surface area contributed by atoms with Gasteiger partial charge in [-0.2, -0.15) is 0 Å². The second-order valence-electron chi connectivity index (χ2n) is 7.80. The zero-order valence-electron chi connectivity index (χ0n) is 17.9. The Morgan fingerprint density at radius 2 is 2.00 bits per heavy atom. The highest BCUT2D eigenvalue weighted by Crippen LogP contribution is 2.27. The van der Waals surface area contributed by atoms with Crippen LogP contribution in [0.3, 0.4) is 0 Å². The van der Waals surface area contributed by atoms with E-state index in [1.54, 1.807) is 37.3 Å². The van der Waals surface area contributed by atoms with Crippen molar-refractivity contribution in [2.24, 2.45) is 0 Å². The van der Waals surface area contributed by atoms with E-state index in [4.69, 9.17) is 9.15 Å². The summed E-state index contributed by atoms with van der Waals surface area (Å²) in [5, 5.41) is 0.603. The maximum Gasteiger partial charge on any atom is 0.339 e. The Morgan fingerprint density at radius 3 is 2.66 bits per heavy atom. The Balaban J connectivity index is 1.55. The van der Waals surface area contributed by atoms with Crippen molar-refractivity contribution in [3.63, 3.8) is 0 Å². The van der Waals surface area contributed by atoms with Gasteiger partial charge in [0.2, 0.25) is 0 Å². The molecule has 0 bridgehead atoms. The van der Waals surface area contributed by atoms with Gasteiger partial charge in [0.15, 0.2) is 22.2 Å². The molecule has 0 saturated carbocycles. The highest BCUT2D eigenvalue weighted by atomic mass is 32.2. The molecule has 1 aliphatic rings. The SMILES string of the molecule is CCN(C(=O)COC(=O)c1cc(-c2ccc(C)o2)nc2ccccc12)[C@H]1CCS(=O)(=O)C1. The van der Waals surface area contributed by atoms with Crippen LogP contribution in [0.2, 0.25) is 0 Å². The first kappa shape index (κ1) is 22.0. The van der Waals surface area contributed by atoms with Crippen LogP contribution in [-0.2, 0) is 19.4 Å². The quantitative estimate of drug-likeness (QED) is 0.525. The Labute approximate surface area is 186 Å². The summed E-state index contributed by atoms with van der Waals surface area (Å²) in [6, 6.07) is 12.0. The number of furan rings is 1. The smallest absolute Gasteiger partial charge is 0.339 e. The fourth-order valence-electron chi connectivity index (χ4n) is 3.99. The number of aromatic nitrogens is 1. The van der Waals surface area contributed by atoms with Crippen LogP contribution >= 0.6 is 0 Å². The zero-order chi connectivity index (χ0) is 22.9. The first-order chi connectivity index (χ1) is 15.3. The Bertz CT molecular complexity index is 1280. The van der Waals surface area contributed by atoms with Gasteiger partial charge < -0.3 is 14.1 Å². The maximum absolute atomic E-state index is 12.9. The number of rotatable bonds is 6. The van der Waals surface area contributed by atoms with E-state index in [9.17, 15) is 18.0 Å². The number of carbonyl (C=O) groups excluding carboxylic acids is 2. The third kappa shape index (κ3) is 4.52. The summed E-state index contributed by atoms with van der Waals surface area (Å²) in [6.45, 7) is 3.48. The van der Waals surface area contributed by atoms with Gasteiger partial charge in [0, 0.05) is 18.0 Å². The predicted molar refractivity (Wildman–Crippen MR) is 119 cm³/mol. The standard InChI is InChI=1S/C23H24N2O6S/c1-3-25(16-10-11-32(28,29)14-16)22(26)13-30-23(27)18-12-20(21-9-8-15(2)31-21)24-19-7-5-4-6-17(18)19/h4-9,12,16H,3,10-11,13-14H2,1-2H3/t16-/m0/s1. The normalized spacial score (nSPS) is 17.4. The number of esters is 1. The number of aryl methyl sites for hydroxylation is 1. The Kier molecular flexibility index (Phi) is 6.01. The van der Waals surface area contributed by atoms with Gasteiger partial charge in [0.1, 0.15) is 11.5 Å². The Hall–Kier alpha value is -3.20. The highest BCUT2D eigenvalue weighted by Gasteiger charge is 2.34. The highest BCUT2D eigenvalue weighted by molar-refractivity contribution is 7.91. The van der Waals surface area contributed by atoms with Crippen molar-refractivity contribution >= 4 is 32.6 Å². The minimum Gasteiger partial charge on any atom is -0.460 e. The molecule has 1 fully saturated rings. The summed E-state index contributed by atoms with van der Waals surface area (Å²) in [5.74, 6) is 0.191. The number of sulfone groups is 1. The van der Waals surface area contributed by atoms with Crippen LogP contribution in [0.5, 0.6) is 0 Å². The molecule has 0 N–H and O–H groups in total. The lowest BCUT2D eigenvalue weighted by molar-refractivity contribution is -0.136. The van der Waals surface area contributed by atoms with Crippen molar-refractivity contribution in [2.45, 2.75) is 26.3 Å². The van der Waals surface area contributed by atoms with Gasteiger partial charge in [-0.3, -0.25) is 4.79 Å². The van der Waals surface area contributed by atoms with E-state index in [0.717, 1.165) is 5.76 Å². The molecule has 3 heterocycles. The number of carbonyl (C=O) groups is 2. The van der Waals surface area contributed by atoms with Crippen LogP contribution in [0.25, 0.3) is 22.4 Å². The number of benzene rings is 1. The molecular weight excluding hydrogens is 432 g/mol. The largest absolute Gasteiger partial charge is 0.460 e. The summed E-state index contributed by atoms with van der Waals surface area (Å²) in [6.07, 6.45) is 0.400. The molecule has 1 atom stereocenters. The number of amides is 1. The Morgan fingerprint density at radius 1 is 1.22 bits per heavy atom. The molecule has 8 nitrogen and oxygen atoms in total. The van der Waals surface area contributed by atoms with E-state index in [1.807, 2.05) is 19.1 Å². The summed E-state index contributed by atoms with van der Waals surface area (Å²) < 4.78 is 34.5. The van der Waals surface area contributed by atoms with Gasteiger partial charge in [0.25, 0.3) is 5.91 Å². The second-order valence-corrected chi connectivity index (χ2v) is 10.0. The third-order valence-corrected chi connectivity index (χ3v) is 7.32. The lowest BCUT2D eigenvalue weighted by Gasteiger charge is -2.26. The molecular formula is C23H24N2O6S. The summed E-state index contributed by atoms with van der Waals surface area (Å²) in [5.41, 5.74) is 1.36. The molecule has 0 spiro atoms. The molecule has 32 heavy (non-hydrogen) atoms. The summed E-state index contributed by atoms with van der Waals surface area (Å²) in [7, 11) is -3.13. The van der Waals surface area contributed by atoms with E-state index in [-0.39, 0.29) is 23.1 Å². The number of fused-ring (bicyclic) bond motifs is 1. The van der Waals surface area contributed by atoms with Gasteiger partial charge in [-0.1, -0.05) is 18.2 Å². The number of hydrogen-bond donors (Lipinski definition) is 0. The lowest BCUT2D eigenvalue weighted by atomic mass is 10.1. The van der Waals surface area contributed by atoms with Crippen molar-refractivity contribution in [3.05, 3.63) is 53.8 Å². The van der Waals surface area contributed by atoms with Crippen molar-refractivity contribution in [1.82, 2.24) is 9.88 Å². The van der Waals surface area contributed by atoms with E-state index in [2.05, 4.69) is 4.98 Å². The summed E-state index contributed by atoms with van der Waals surface area (Å²) >= 11 is 0. The molecule has 4 rings (SSSR count). The number of likely N-dealkylation sites (N-methyl/N-ethyl adjacent to an activating group) is 1. The maximum atomic E-state index is 12.9. The molecule has 168 valence electrons. The first-order valence-electron chi connectivity index (χ1n) is 10.4. The van der Waals surface area contributed by atoms with Crippen LogP contribution in [0.1, 0.15) is 29.5 Å². The summed E-state index contributed by atoms with van der Waals surface area (Å²) in [4.78, 5) is 31.7. The second kappa shape index (κ2) is 8.74. The predicted octanol–water partition coefficient (Wildman–Crippen LogP) is 3.00. The molecule has 0 unspecified atom stereocenters. The van der Waals surface area contributed by atoms with Crippen LogP contribution in [0, 0.1) is 6.92 Å². The van der Waals surface area contributed by atoms with E-state index < -0.39 is 28.3 Å². The molecule has 0 radical (unpaired) electrons. The lowest BCUT2D eigenvalue weighted by Crippen LogP contribution is -2.43. The van der Waals surface area contributed by atoms with Gasteiger partial charge in [-0.15, -0.1) is 0 Å². The number of nitrogens with zero attached hydrogens (tertiary/aromatic N) is 2. The minimum atomic E-state index is -3.13. The molecule has 9 heteroatoms. The van der Waals surface area contributed by atoms with E-state index in [0.29, 0.717) is 35.3 Å². The number of para-hydroxylation sites is 1. The van der Waals surface area contributed by atoms with Crippen LogP contribution in [0.15, 0.2) is 46.9 Å². The molecule has 1 aromatic carbocycles. The zero-order valence-corrected chi connectivity index (χ0v) is 18.7. The minimum absolute atomic E-state index is 0.0541. The van der Waals surface area contributed by atoms with Crippen LogP contribution in [-0.4, -0.2) is 60.9 Å². The topological polar surface area (TPSA) is 107 Å². The van der Waals surface area contributed by atoms with Crippen molar-refractivity contribution in [1.29, 1.82) is 0 Å². The monoisotopic (exact) mass is 456 g/mol. The van der Waals surface area contributed by atoms with Crippen molar-refractivity contribution < 1.29 is 27.2 Å². The van der Waals surface area contributed by atoms with Gasteiger partial charge >= 0.3 is 5.97 Å². The molecule has 1 saturated heterocycles. The molecule has 1 amide bonds. The van der Waals surface area contributed by atoms with Gasteiger partial charge in [-0.25, -0.2) is 18.2 Å². The molecule has 3 aromatic rings. The van der Waals surface area contributed by atoms with E-state index >= 15 is 0 Å². The van der Waals surface area contributed by atoms with Gasteiger partial charge in [-0.05, 0) is 44.5 Å². The van der Waals surface area contributed by atoms with Crippen LogP contribution in [0.4, 0.5) is 0 Å². The van der Waals surface area contributed by atoms with Crippen LogP contribution < -0.4 is 0 Å². The van der Waals surface area contributed by atoms with Crippen molar-refractivity contribution in [2.75, 3.05) is 24.7 Å². The molecule has 0 aliphatic carbocycles. The van der Waals surface area contributed by atoms with Crippen molar-refractivity contribution in [3.8, 4) is 11.5 Å². The molecule has 1 aliphatic heterocycles. The average molecular weight is 457 g/mol. The fourth-order valence-corrected chi connectivity index (χ4v) is 5.72. The molecule has 2 aromatic heterocycles. The average Bonchev–Trinajstić information content (AvgIpc) is 3.36. The number of pyridine rings is 1.